The highest BCUT2D eigenvalue weighted by Crippen LogP contribution is 2.33. The summed E-state index contributed by atoms with van der Waals surface area (Å²) >= 11 is 0. The number of ether oxygens (including phenoxy) is 1. The summed E-state index contributed by atoms with van der Waals surface area (Å²) in [4.78, 5) is 31.2. The van der Waals surface area contributed by atoms with Crippen LogP contribution < -0.4 is 25.2 Å². The maximum absolute atomic E-state index is 13.1. The lowest BCUT2D eigenvalue weighted by molar-refractivity contribution is -0.127. The molecule has 2 N–H and O–H groups in total. The molecule has 2 fully saturated rings. The molecule has 2 aliphatic heterocycles. The Kier molecular flexibility index (Phi) is 5.99. The van der Waals surface area contributed by atoms with Gasteiger partial charge in [-0.05, 0) is 38.9 Å². The van der Waals surface area contributed by atoms with Gasteiger partial charge in [-0.25, -0.2) is 9.97 Å². The SMILES string of the molecule is COc1cnc(N2CCCNCC2)nc1N1CC(C(=O)NC(C)(C)c2cnc3ccccn23)C1. The Morgan fingerprint density at radius 2 is 2.00 bits per heavy atom. The number of amides is 1. The summed E-state index contributed by atoms with van der Waals surface area (Å²) in [6.07, 6.45) is 6.58. The summed E-state index contributed by atoms with van der Waals surface area (Å²) in [5.41, 5.74) is 1.25. The largest absolute Gasteiger partial charge is 0.491 e. The van der Waals surface area contributed by atoms with Gasteiger partial charge in [-0.2, -0.15) is 4.98 Å². The van der Waals surface area contributed by atoms with E-state index < -0.39 is 5.54 Å². The number of carbonyl (C=O) groups excluding carboxylic acids is 1. The van der Waals surface area contributed by atoms with Crippen LogP contribution in [0.2, 0.25) is 0 Å². The number of hydrogen-bond donors (Lipinski definition) is 2. The minimum Gasteiger partial charge on any atom is -0.491 e. The zero-order chi connectivity index (χ0) is 23.7. The molecule has 0 bridgehead atoms. The average molecular weight is 465 g/mol. The van der Waals surface area contributed by atoms with Gasteiger partial charge in [0.1, 0.15) is 5.65 Å². The van der Waals surface area contributed by atoms with E-state index in [4.69, 9.17) is 9.72 Å². The van der Waals surface area contributed by atoms with E-state index in [0.29, 0.717) is 24.8 Å². The van der Waals surface area contributed by atoms with E-state index in [0.717, 1.165) is 49.8 Å². The van der Waals surface area contributed by atoms with Gasteiger partial charge in [0.2, 0.25) is 11.9 Å². The number of pyridine rings is 1. The fourth-order valence-electron chi connectivity index (χ4n) is 4.61. The molecule has 3 aromatic heterocycles. The van der Waals surface area contributed by atoms with Crippen LogP contribution in [0.4, 0.5) is 11.8 Å². The quantitative estimate of drug-likeness (QED) is 0.565. The van der Waals surface area contributed by atoms with Crippen molar-refractivity contribution >= 4 is 23.3 Å². The second-order valence-corrected chi connectivity index (χ2v) is 9.44. The van der Waals surface area contributed by atoms with Crippen LogP contribution in [-0.4, -0.2) is 71.6 Å². The molecule has 0 spiro atoms. The molecule has 0 aromatic carbocycles. The molecule has 0 saturated carbocycles. The molecule has 10 heteroatoms. The van der Waals surface area contributed by atoms with Crippen molar-refractivity contribution in [2.24, 2.45) is 5.92 Å². The zero-order valence-corrected chi connectivity index (χ0v) is 20.0. The summed E-state index contributed by atoms with van der Waals surface area (Å²) in [6, 6.07) is 5.87. The van der Waals surface area contributed by atoms with Gasteiger partial charge in [0.05, 0.1) is 36.7 Å². The number of nitrogens with one attached hydrogen (secondary N) is 2. The molecule has 34 heavy (non-hydrogen) atoms. The molecule has 180 valence electrons. The van der Waals surface area contributed by atoms with Gasteiger partial charge in [-0.1, -0.05) is 6.07 Å². The minimum absolute atomic E-state index is 0.0268. The van der Waals surface area contributed by atoms with Crippen LogP contribution in [0.5, 0.6) is 5.75 Å². The summed E-state index contributed by atoms with van der Waals surface area (Å²) in [7, 11) is 1.63. The van der Waals surface area contributed by atoms with Crippen molar-refractivity contribution in [1.82, 2.24) is 30.0 Å². The van der Waals surface area contributed by atoms with Gasteiger partial charge in [-0.15, -0.1) is 0 Å². The molecule has 0 aliphatic carbocycles. The Morgan fingerprint density at radius 1 is 1.15 bits per heavy atom. The van der Waals surface area contributed by atoms with Crippen LogP contribution in [0.1, 0.15) is 26.0 Å². The Bertz CT molecular complexity index is 1160. The molecule has 0 unspecified atom stereocenters. The van der Waals surface area contributed by atoms with Crippen LogP contribution in [-0.2, 0) is 10.3 Å². The van der Waals surface area contributed by atoms with Crippen LogP contribution in [0.3, 0.4) is 0 Å². The van der Waals surface area contributed by atoms with E-state index in [1.807, 2.05) is 48.8 Å². The maximum atomic E-state index is 13.1. The van der Waals surface area contributed by atoms with Crippen LogP contribution in [0, 0.1) is 5.92 Å². The van der Waals surface area contributed by atoms with Gasteiger partial charge >= 0.3 is 0 Å². The fraction of sp³-hybridized carbons (Fsp3) is 0.500. The number of carbonyl (C=O) groups is 1. The summed E-state index contributed by atoms with van der Waals surface area (Å²) < 4.78 is 7.54. The van der Waals surface area contributed by atoms with Crippen molar-refractivity contribution in [3.63, 3.8) is 0 Å². The van der Waals surface area contributed by atoms with E-state index in [-0.39, 0.29) is 11.8 Å². The third-order valence-electron chi connectivity index (χ3n) is 6.61. The van der Waals surface area contributed by atoms with Crippen LogP contribution in [0.15, 0.2) is 36.8 Å². The molecular weight excluding hydrogens is 432 g/mol. The molecule has 2 aliphatic rings. The maximum Gasteiger partial charge on any atom is 0.227 e. The first kappa shape index (κ1) is 22.4. The summed E-state index contributed by atoms with van der Waals surface area (Å²) in [5, 5.41) is 6.62. The minimum atomic E-state index is -0.557. The lowest BCUT2D eigenvalue weighted by Gasteiger charge is -2.41. The summed E-state index contributed by atoms with van der Waals surface area (Å²) in [5.74, 6) is 1.99. The van der Waals surface area contributed by atoms with E-state index in [2.05, 4.69) is 30.4 Å². The molecule has 2 saturated heterocycles. The van der Waals surface area contributed by atoms with E-state index in [9.17, 15) is 4.79 Å². The molecule has 5 rings (SSSR count). The molecule has 0 radical (unpaired) electrons. The number of fused-ring (bicyclic) bond motifs is 1. The second kappa shape index (κ2) is 9.09. The van der Waals surface area contributed by atoms with E-state index in [1.54, 1.807) is 13.3 Å². The smallest absolute Gasteiger partial charge is 0.227 e. The van der Waals surface area contributed by atoms with Gasteiger partial charge in [0.25, 0.3) is 0 Å². The molecule has 3 aromatic rings. The first-order chi connectivity index (χ1) is 16.5. The Hall–Kier alpha value is -3.40. The highest BCUT2D eigenvalue weighted by Gasteiger charge is 2.38. The molecule has 0 atom stereocenters. The summed E-state index contributed by atoms with van der Waals surface area (Å²) in [6.45, 7) is 8.90. The predicted molar refractivity (Wildman–Crippen MR) is 130 cm³/mol. The number of rotatable bonds is 6. The number of methoxy groups -OCH3 is 1. The van der Waals surface area contributed by atoms with Crippen LogP contribution >= 0.6 is 0 Å². The third kappa shape index (κ3) is 4.25. The van der Waals surface area contributed by atoms with Crippen molar-refractivity contribution in [2.75, 3.05) is 56.2 Å². The highest BCUT2D eigenvalue weighted by molar-refractivity contribution is 5.83. The molecule has 5 heterocycles. The van der Waals surface area contributed by atoms with E-state index in [1.165, 1.54) is 0 Å². The van der Waals surface area contributed by atoms with Crippen molar-refractivity contribution in [3.8, 4) is 5.75 Å². The molecule has 1 amide bonds. The van der Waals surface area contributed by atoms with Crippen molar-refractivity contribution < 1.29 is 9.53 Å². The van der Waals surface area contributed by atoms with Crippen molar-refractivity contribution in [2.45, 2.75) is 25.8 Å². The van der Waals surface area contributed by atoms with Gasteiger partial charge in [0.15, 0.2) is 11.6 Å². The monoisotopic (exact) mass is 464 g/mol. The normalized spacial score (nSPS) is 17.4. The zero-order valence-electron chi connectivity index (χ0n) is 20.0. The molecular formula is C24H32N8O2. The Balaban J connectivity index is 1.26. The first-order valence-electron chi connectivity index (χ1n) is 11.8. The number of imidazole rings is 1. The van der Waals surface area contributed by atoms with Gasteiger partial charge in [0, 0.05) is 38.9 Å². The van der Waals surface area contributed by atoms with Crippen molar-refractivity contribution in [1.29, 1.82) is 0 Å². The number of hydrogen-bond acceptors (Lipinski definition) is 8. The first-order valence-corrected chi connectivity index (χ1v) is 11.8. The number of anilines is 2. The third-order valence-corrected chi connectivity index (χ3v) is 6.61. The fourth-order valence-corrected chi connectivity index (χ4v) is 4.61. The van der Waals surface area contributed by atoms with E-state index >= 15 is 0 Å². The van der Waals surface area contributed by atoms with Gasteiger partial charge < -0.3 is 29.6 Å². The topological polar surface area (TPSA) is 99.9 Å². The molecule has 10 nitrogen and oxygen atoms in total. The predicted octanol–water partition coefficient (Wildman–Crippen LogP) is 1.42. The lowest BCUT2D eigenvalue weighted by atomic mass is 9.95. The Labute approximate surface area is 199 Å². The second-order valence-electron chi connectivity index (χ2n) is 9.44. The standard InChI is InChI=1S/C24H32N8O2/c1-24(2,19-14-26-20-7-4-5-11-32(19)20)29-22(33)17-15-31(16-17)21-18(34-3)13-27-23(28-21)30-10-6-8-25-9-12-30/h4-5,7,11,13-14,17,25H,6,8-10,12,15-16H2,1-3H3,(H,29,33). The Morgan fingerprint density at radius 3 is 2.82 bits per heavy atom. The lowest BCUT2D eigenvalue weighted by Crippen LogP contribution is -2.57. The number of aromatic nitrogens is 4. The van der Waals surface area contributed by atoms with Gasteiger partial charge in [-0.3, -0.25) is 4.79 Å². The average Bonchev–Trinajstić information content (AvgIpc) is 3.05. The number of nitrogens with zero attached hydrogens (tertiary/aromatic N) is 6. The highest BCUT2D eigenvalue weighted by atomic mass is 16.5. The van der Waals surface area contributed by atoms with Crippen LogP contribution in [0.25, 0.3) is 5.65 Å². The van der Waals surface area contributed by atoms with Crippen molar-refractivity contribution in [3.05, 3.63) is 42.5 Å².